The Bertz CT molecular complexity index is 1090. The third-order valence-electron chi connectivity index (χ3n) is 4.11. The molecule has 0 atom stereocenters. The summed E-state index contributed by atoms with van der Waals surface area (Å²) in [5.41, 5.74) is 2.52. The highest BCUT2D eigenvalue weighted by molar-refractivity contribution is 7.89. The van der Waals surface area contributed by atoms with Crippen LogP contribution in [0, 0.1) is 13.8 Å². The number of nitrogens with one attached hydrogen (secondary N) is 3. The molecule has 158 valence electrons. The molecule has 2 aromatic heterocycles. The number of aromatic nitrogens is 3. The van der Waals surface area contributed by atoms with Crippen LogP contribution in [-0.4, -0.2) is 43.6 Å². The van der Waals surface area contributed by atoms with Gasteiger partial charge in [0.2, 0.25) is 16.0 Å². The van der Waals surface area contributed by atoms with Crippen LogP contribution in [0.1, 0.15) is 11.4 Å². The zero-order valence-corrected chi connectivity index (χ0v) is 17.8. The monoisotopic (exact) mass is 428 g/mol. The molecule has 0 amide bonds. The van der Waals surface area contributed by atoms with Crippen LogP contribution in [-0.2, 0) is 10.0 Å². The topological polar surface area (TPSA) is 118 Å². The third-order valence-corrected chi connectivity index (χ3v) is 5.58. The zero-order chi connectivity index (χ0) is 21.6. The van der Waals surface area contributed by atoms with Crippen molar-refractivity contribution in [2.45, 2.75) is 18.7 Å². The second-order valence-electron chi connectivity index (χ2n) is 6.53. The van der Waals surface area contributed by atoms with E-state index in [2.05, 4.69) is 30.3 Å². The number of hydrogen-bond acceptors (Lipinski definition) is 8. The highest BCUT2D eigenvalue weighted by Crippen LogP contribution is 2.17. The average Bonchev–Trinajstić information content (AvgIpc) is 2.73. The van der Waals surface area contributed by atoms with Crippen LogP contribution in [0.4, 0.5) is 17.5 Å². The van der Waals surface area contributed by atoms with Crippen LogP contribution in [0.5, 0.6) is 5.75 Å². The predicted octanol–water partition coefficient (Wildman–Crippen LogP) is 2.63. The highest BCUT2D eigenvalue weighted by atomic mass is 32.2. The van der Waals surface area contributed by atoms with Crippen LogP contribution in [0.25, 0.3) is 0 Å². The average molecular weight is 429 g/mol. The Kier molecular flexibility index (Phi) is 6.80. The van der Waals surface area contributed by atoms with E-state index in [0.29, 0.717) is 24.1 Å². The van der Waals surface area contributed by atoms with Gasteiger partial charge in [0.05, 0.1) is 23.9 Å². The Hall–Kier alpha value is -3.24. The molecule has 0 aliphatic carbocycles. The van der Waals surface area contributed by atoms with E-state index in [1.54, 1.807) is 18.3 Å². The summed E-state index contributed by atoms with van der Waals surface area (Å²) in [7, 11) is -2.08. The van der Waals surface area contributed by atoms with Crippen LogP contribution in [0.15, 0.2) is 53.6 Å². The molecule has 0 unspecified atom stereocenters. The Morgan fingerprint density at radius 2 is 1.73 bits per heavy atom. The van der Waals surface area contributed by atoms with E-state index in [9.17, 15) is 8.42 Å². The van der Waals surface area contributed by atoms with Gasteiger partial charge in [0, 0.05) is 30.5 Å². The van der Waals surface area contributed by atoms with Gasteiger partial charge in [-0.15, -0.1) is 0 Å². The minimum absolute atomic E-state index is 0.174. The first kappa shape index (κ1) is 21.5. The number of benzene rings is 1. The van der Waals surface area contributed by atoms with Crippen molar-refractivity contribution < 1.29 is 13.2 Å². The summed E-state index contributed by atoms with van der Waals surface area (Å²) in [6, 6.07) is 11.8. The summed E-state index contributed by atoms with van der Waals surface area (Å²) >= 11 is 0. The molecule has 0 fully saturated rings. The maximum absolute atomic E-state index is 12.4. The SMILES string of the molecule is COc1ccc(S(=O)(=O)NCCNc2nc(C)cc(Nc3ccc(C)nc3)n2)cc1. The van der Waals surface area contributed by atoms with Crippen molar-refractivity contribution in [3.63, 3.8) is 0 Å². The van der Waals surface area contributed by atoms with E-state index < -0.39 is 10.0 Å². The van der Waals surface area contributed by atoms with E-state index in [0.717, 1.165) is 17.1 Å². The fourth-order valence-corrected chi connectivity index (χ4v) is 3.63. The Morgan fingerprint density at radius 1 is 0.967 bits per heavy atom. The number of rotatable bonds is 9. The predicted molar refractivity (Wildman–Crippen MR) is 116 cm³/mol. The number of sulfonamides is 1. The third kappa shape index (κ3) is 5.88. The zero-order valence-electron chi connectivity index (χ0n) is 17.0. The molecule has 3 aromatic rings. The van der Waals surface area contributed by atoms with Crippen molar-refractivity contribution in [3.8, 4) is 5.75 Å². The van der Waals surface area contributed by atoms with Crippen molar-refractivity contribution in [2.75, 3.05) is 30.8 Å². The molecule has 0 radical (unpaired) electrons. The van der Waals surface area contributed by atoms with E-state index in [1.807, 2.05) is 32.0 Å². The van der Waals surface area contributed by atoms with Gasteiger partial charge in [-0.1, -0.05) is 0 Å². The van der Waals surface area contributed by atoms with Gasteiger partial charge in [-0.05, 0) is 50.2 Å². The van der Waals surface area contributed by atoms with Crippen LogP contribution < -0.4 is 20.1 Å². The van der Waals surface area contributed by atoms with Gasteiger partial charge in [-0.25, -0.2) is 18.1 Å². The smallest absolute Gasteiger partial charge is 0.240 e. The molecule has 3 rings (SSSR count). The largest absolute Gasteiger partial charge is 0.497 e. The van der Waals surface area contributed by atoms with Gasteiger partial charge in [-0.3, -0.25) is 4.98 Å². The van der Waals surface area contributed by atoms with E-state index >= 15 is 0 Å². The van der Waals surface area contributed by atoms with Crippen molar-refractivity contribution in [1.82, 2.24) is 19.7 Å². The van der Waals surface area contributed by atoms with Crippen molar-refractivity contribution in [1.29, 1.82) is 0 Å². The van der Waals surface area contributed by atoms with Crippen LogP contribution >= 0.6 is 0 Å². The lowest BCUT2D eigenvalue weighted by Crippen LogP contribution is -2.29. The summed E-state index contributed by atoms with van der Waals surface area (Å²) < 4.78 is 32.3. The minimum atomic E-state index is -3.61. The molecule has 1 aromatic carbocycles. The number of pyridine rings is 1. The highest BCUT2D eigenvalue weighted by Gasteiger charge is 2.13. The second kappa shape index (κ2) is 9.51. The van der Waals surface area contributed by atoms with Gasteiger partial charge in [-0.2, -0.15) is 4.98 Å². The maximum atomic E-state index is 12.4. The molecule has 0 saturated heterocycles. The standard InChI is InChI=1S/C20H24N6O3S/c1-14-4-5-16(13-22-14)25-19-12-15(2)24-20(26-19)21-10-11-23-30(27,28)18-8-6-17(29-3)7-9-18/h4-9,12-13,23H,10-11H2,1-3H3,(H2,21,24,25,26). The first-order chi connectivity index (χ1) is 14.4. The lowest BCUT2D eigenvalue weighted by Gasteiger charge is -2.11. The first-order valence-electron chi connectivity index (χ1n) is 9.29. The summed E-state index contributed by atoms with van der Waals surface area (Å²) in [6.45, 7) is 4.28. The summed E-state index contributed by atoms with van der Waals surface area (Å²) in [5, 5.41) is 6.22. The minimum Gasteiger partial charge on any atom is -0.497 e. The molecule has 0 spiro atoms. The Balaban J connectivity index is 1.56. The molecule has 0 aliphatic heterocycles. The lowest BCUT2D eigenvalue weighted by atomic mass is 10.3. The molecule has 30 heavy (non-hydrogen) atoms. The summed E-state index contributed by atoms with van der Waals surface area (Å²) in [5.74, 6) is 1.62. The van der Waals surface area contributed by atoms with Crippen molar-refractivity contribution in [2.24, 2.45) is 0 Å². The molecular weight excluding hydrogens is 404 g/mol. The molecule has 0 aliphatic rings. The number of aryl methyl sites for hydroxylation is 2. The van der Waals surface area contributed by atoms with E-state index in [4.69, 9.17) is 4.74 Å². The molecule has 10 heteroatoms. The van der Waals surface area contributed by atoms with E-state index in [1.165, 1.54) is 19.2 Å². The first-order valence-corrected chi connectivity index (χ1v) is 10.8. The molecule has 0 saturated carbocycles. The van der Waals surface area contributed by atoms with Gasteiger partial charge in [0.25, 0.3) is 0 Å². The number of anilines is 3. The fraction of sp³-hybridized carbons (Fsp3) is 0.250. The van der Waals surface area contributed by atoms with Gasteiger partial charge < -0.3 is 15.4 Å². The number of nitrogens with zero attached hydrogens (tertiary/aromatic N) is 3. The quantitative estimate of drug-likeness (QED) is 0.445. The molecule has 3 N–H and O–H groups in total. The Labute approximate surface area is 176 Å². The van der Waals surface area contributed by atoms with Crippen LogP contribution in [0.2, 0.25) is 0 Å². The van der Waals surface area contributed by atoms with Crippen molar-refractivity contribution >= 4 is 27.5 Å². The van der Waals surface area contributed by atoms with Crippen LogP contribution in [0.3, 0.4) is 0 Å². The van der Waals surface area contributed by atoms with Crippen molar-refractivity contribution in [3.05, 3.63) is 60.0 Å². The van der Waals surface area contributed by atoms with Gasteiger partial charge in [0.15, 0.2) is 0 Å². The molecule has 0 bridgehead atoms. The molecular formula is C20H24N6O3S. The maximum Gasteiger partial charge on any atom is 0.240 e. The number of methoxy groups -OCH3 is 1. The number of hydrogen-bond donors (Lipinski definition) is 3. The number of ether oxygens (including phenoxy) is 1. The van der Waals surface area contributed by atoms with Gasteiger partial charge >= 0.3 is 0 Å². The summed E-state index contributed by atoms with van der Waals surface area (Å²) in [6.07, 6.45) is 1.73. The normalized spacial score (nSPS) is 11.2. The molecule has 2 heterocycles. The Morgan fingerprint density at radius 3 is 2.40 bits per heavy atom. The molecule has 9 nitrogen and oxygen atoms in total. The summed E-state index contributed by atoms with van der Waals surface area (Å²) in [4.78, 5) is 13.2. The second-order valence-corrected chi connectivity index (χ2v) is 8.30. The van der Waals surface area contributed by atoms with Gasteiger partial charge in [0.1, 0.15) is 11.6 Å². The lowest BCUT2D eigenvalue weighted by molar-refractivity contribution is 0.414. The fourth-order valence-electron chi connectivity index (χ4n) is 2.60. The van der Waals surface area contributed by atoms with E-state index in [-0.39, 0.29) is 11.4 Å².